The quantitative estimate of drug-likeness (QED) is 0.435. The number of hydrogen-bond donors (Lipinski definition) is 0. The van der Waals surface area contributed by atoms with Crippen molar-refractivity contribution in [3.8, 4) is 0 Å². The van der Waals surface area contributed by atoms with E-state index in [2.05, 4.69) is 43.5 Å². The summed E-state index contributed by atoms with van der Waals surface area (Å²) in [5.74, 6) is 0.957. The van der Waals surface area contributed by atoms with Gasteiger partial charge in [0.25, 0.3) is 0 Å². The number of fused-ring (bicyclic) bond motifs is 1. The maximum Gasteiger partial charge on any atom is 0.0863 e. The highest BCUT2D eigenvalue weighted by Gasteiger charge is 2.26. The maximum atomic E-state index is 12.4. The number of aromatic nitrogens is 1. The average Bonchev–Trinajstić information content (AvgIpc) is 2.59. The van der Waals surface area contributed by atoms with E-state index >= 15 is 0 Å². The highest BCUT2D eigenvalue weighted by atomic mass is 127. The van der Waals surface area contributed by atoms with Gasteiger partial charge < -0.3 is 0 Å². The van der Waals surface area contributed by atoms with E-state index in [0.29, 0.717) is 11.7 Å². The Bertz CT molecular complexity index is 794. The van der Waals surface area contributed by atoms with Crippen LogP contribution < -0.4 is 0 Å². The lowest BCUT2D eigenvalue weighted by Gasteiger charge is -2.23. The van der Waals surface area contributed by atoms with Gasteiger partial charge in [0.2, 0.25) is 0 Å². The largest absolute Gasteiger partial charge is 0.258 e. The number of aliphatic imine (C=N–C) groups is 1. The number of nitrogens with zero attached hydrogens (tertiary/aromatic N) is 2. The lowest BCUT2D eigenvalue weighted by Crippen LogP contribution is -2.17. The van der Waals surface area contributed by atoms with Crippen molar-refractivity contribution in [1.82, 2.24) is 4.98 Å². The lowest BCUT2D eigenvalue weighted by molar-refractivity contribution is 0.683. The summed E-state index contributed by atoms with van der Waals surface area (Å²) in [7, 11) is -0.987. The molecule has 3 nitrogen and oxygen atoms in total. The van der Waals surface area contributed by atoms with Crippen molar-refractivity contribution < 1.29 is 4.21 Å². The molecule has 3 rings (SSSR count). The molecule has 1 aromatic carbocycles. The fourth-order valence-electron chi connectivity index (χ4n) is 2.72. The van der Waals surface area contributed by atoms with Crippen molar-refractivity contribution in [3.05, 3.63) is 52.3 Å². The van der Waals surface area contributed by atoms with E-state index in [1.54, 1.807) is 0 Å². The molecule has 120 valence electrons. The summed E-state index contributed by atoms with van der Waals surface area (Å²) < 4.78 is 14.3. The Morgan fingerprint density at radius 3 is 2.91 bits per heavy atom. The van der Waals surface area contributed by atoms with Gasteiger partial charge in [-0.25, -0.2) is 0 Å². The summed E-state index contributed by atoms with van der Waals surface area (Å²) in [4.78, 5) is 10.3. The summed E-state index contributed by atoms with van der Waals surface area (Å²) in [6.07, 6.45) is 2.67. The molecule has 23 heavy (non-hydrogen) atoms. The Hall–Kier alpha value is -0.600. The highest BCUT2D eigenvalue weighted by molar-refractivity contribution is 14.1. The minimum absolute atomic E-state index is 0.342. The summed E-state index contributed by atoms with van der Waals surface area (Å²) in [6, 6.07) is 9.92. The minimum atomic E-state index is -0.987. The SMILES string of the molecule is CCS(=O)c1ccccc1C1=Nc2cc(Br)cnc2C(CI)C1. The molecule has 1 aliphatic heterocycles. The lowest BCUT2D eigenvalue weighted by atomic mass is 9.92. The van der Waals surface area contributed by atoms with Crippen LogP contribution in [0.1, 0.15) is 30.5 Å². The van der Waals surface area contributed by atoms with Gasteiger partial charge in [-0.1, -0.05) is 47.7 Å². The summed E-state index contributed by atoms with van der Waals surface area (Å²) in [6.45, 7) is 1.94. The van der Waals surface area contributed by atoms with Crippen molar-refractivity contribution in [3.63, 3.8) is 0 Å². The first kappa shape index (κ1) is 17.2. The molecule has 0 bridgehead atoms. The zero-order valence-electron chi connectivity index (χ0n) is 12.6. The van der Waals surface area contributed by atoms with Gasteiger partial charge in [-0.15, -0.1) is 0 Å². The molecule has 0 N–H and O–H groups in total. The molecule has 1 aliphatic rings. The molecule has 2 atom stereocenters. The van der Waals surface area contributed by atoms with Gasteiger partial charge in [-0.3, -0.25) is 14.2 Å². The molecule has 0 saturated heterocycles. The van der Waals surface area contributed by atoms with Crippen LogP contribution in [0.15, 0.2) is 50.9 Å². The molecule has 2 unspecified atom stereocenters. The standard InChI is InChI=1S/C17H16BrIN2OS/c1-2-23(22)16-6-4-3-5-13(16)14-7-11(9-19)17-15(21-14)8-12(18)10-20-17/h3-6,8,10-11H,2,7,9H2,1H3. The molecule has 0 fully saturated rings. The van der Waals surface area contributed by atoms with Crippen molar-refractivity contribution in [2.24, 2.45) is 4.99 Å². The van der Waals surface area contributed by atoms with Gasteiger partial charge in [0.15, 0.2) is 0 Å². The smallest absolute Gasteiger partial charge is 0.0863 e. The van der Waals surface area contributed by atoms with Crippen LogP contribution in [0, 0.1) is 0 Å². The van der Waals surface area contributed by atoms with Crippen LogP contribution in [-0.4, -0.2) is 25.1 Å². The first-order valence-electron chi connectivity index (χ1n) is 7.40. The second-order valence-corrected chi connectivity index (χ2v) is 8.81. The number of alkyl halides is 1. The van der Waals surface area contributed by atoms with Crippen molar-refractivity contribution in [1.29, 1.82) is 0 Å². The normalized spacial score (nSPS) is 18.2. The van der Waals surface area contributed by atoms with E-state index in [1.807, 2.05) is 43.5 Å². The van der Waals surface area contributed by atoms with Crippen LogP contribution >= 0.6 is 38.5 Å². The number of benzene rings is 1. The predicted octanol–water partition coefficient (Wildman–Crippen LogP) is 5.01. The van der Waals surface area contributed by atoms with Gasteiger partial charge in [0.05, 0.1) is 27.9 Å². The molecule has 0 saturated carbocycles. The van der Waals surface area contributed by atoms with Gasteiger partial charge in [-0.05, 0) is 34.5 Å². The third-order valence-electron chi connectivity index (χ3n) is 3.84. The molecule has 0 spiro atoms. The van der Waals surface area contributed by atoms with Crippen LogP contribution in [-0.2, 0) is 10.8 Å². The van der Waals surface area contributed by atoms with Crippen LogP contribution in [0.2, 0.25) is 0 Å². The topological polar surface area (TPSA) is 42.3 Å². The van der Waals surface area contributed by atoms with Crippen molar-refractivity contribution >= 4 is 60.7 Å². The Kier molecular flexibility index (Phi) is 5.64. The van der Waals surface area contributed by atoms with E-state index in [0.717, 1.165) is 42.9 Å². The zero-order chi connectivity index (χ0) is 16.4. The first-order valence-corrected chi connectivity index (χ1v) is 11.0. The van der Waals surface area contributed by atoms with Crippen molar-refractivity contribution in [2.75, 3.05) is 10.2 Å². The van der Waals surface area contributed by atoms with Gasteiger partial charge in [-0.2, -0.15) is 0 Å². The van der Waals surface area contributed by atoms with E-state index < -0.39 is 10.8 Å². The van der Waals surface area contributed by atoms with Crippen molar-refractivity contribution in [2.45, 2.75) is 24.2 Å². The molecule has 2 aromatic rings. The average molecular weight is 503 g/mol. The second kappa shape index (κ2) is 7.53. The molecular formula is C17H16BrIN2OS. The summed E-state index contributed by atoms with van der Waals surface area (Å²) >= 11 is 5.88. The summed E-state index contributed by atoms with van der Waals surface area (Å²) in [5, 5.41) is 0. The van der Waals surface area contributed by atoms with Gasteiger partial charge in [0, 0.05) is 37.2 Å². The van der Waals surface area contributed by atoms with Gasteiger partial charge >= 0.3 is 0 Å². The predicted molar refractivity (Wildman–Crippen MR) is 108 cm³/mol. The van der Waals surface area contributed by atoms with Gasteiger partial charge in [0.1, 0.15) is 0 Å². The second-order valence-electron chi connectivity index (χ2n) is 5.30. The molecule has 6 heteroatoms. The Balaban J connectivity index is 2.13. The van der Waals surface area contributed by atoms with E-state index in [-0.39, 0.29) is 0 Å². The molecule has 2 heterocycles. The summed E-state index contributed by atoms with van der Waals surface area (Å²) in [5.41, 5.74) is 3.99. The van der Waals surface area contributed by atoms with Crippen LogP contribution in [0.4, 0.5) is 5.69 Å². The zero-order valence-corrected chi connectivity index (χ0v) is 17.2. The number of pyridine rings is 1. The maximum absolute atomic E-state index is 12.4. The fourth-order valence-corrected chi connectivity index (χ4v) is 4.74. The Labute approximate surface area is 160 Å². The highest BCUT2D eigenvalue weighted by Crippen LogP contribution is 2.37. The minimum Gasteiger partial charge on any atom is -0.258 e. The third kappa shape index (κ3) is 3.58. The monoisotopic (exact) mass is 502 g/mol. The molecule has 0 radical (unpaired) electrons. The third-order valence-corrected chi connectivity index (χ3v) is 6.71. The van der Waals surface area contributed by atoms with Crippen LogP contribution in [0.3, 0.4) is 0 Å². The molecule has 0 amide bonds. The van der Waals surface area contributed by atoms with E-state index in [4.69, 9.17) is 4.99 Å². The van der Waals surface area contributed by atoms with Crippen LogP contribution in [0.5, 0.6) is 0 Å². The number of hydrogen-bond acceptors (Lipinski definition) is 3. The number of rotatable bonds is 4. The Morgan fingerprint density at radius 2 is 2.17 bits per heavy atom. The molecule has 0 aliphatic carbocycles. The van der Waals surface area contributed by atoms with E-state index in [1.165, 1.54) is 0 Å². The first-order chi connectivity index (χ1) is 11.1. The Morgan fingerprint density at radius 1 is 1.39 bits per heavy atom. The molecular weight excluding hydrogens is 487 g/mol. The van der Waals surface area contributed by atoms with Crippen LogP contribution in [0.25, 0.3) is 0 Å². The van der Waals surface area contributed by atoms with E-state index in [9.17, 15) is 4.21 Å². The molecule has 1 aromatic heterocycles. The number of halogens is 2. The fraction of sp³-hybridized carbons (Fsp3) is 0.294.